The Morgan fingerprint density at radius 2 is 2.04 bits per heavy atom. The van der Waals surface area contributed by atoms with Gasteiger partial charge >= 0.3 is 0 Å². The summed E-state index contributed by atoms with van der Waals surface area (Å²) >= 11 is 10.4. The van der Waals surface area contributed by atoms with Crippen molar-refractivity contribution in [1.82, 2.24) is 14.8 Å². The second kappa shape index (κ2) is 9.36. The molecule has 28 heavy (non-hydrogen) atoms. The molecule has 144 valence electrons. The van der Waals surface area contributed by atoms with Crippen molar-refractivity contribution in [3.63, 3.8) is 0 Å². The molecule has 1 heterocycles. The summed E-state index contributed by atoms with van der Waals surface area (Å²) in [5.41, 5.74) is 1.34. The molecule has 0 fully saturated rings. The van der Waals surface area contributed by atoms with Crippen molar-refractivity contribution in [3.05, 3.63) is 70.4 Å². The molecule has 0 saturated heterocycles. The zero-order valence-electron chi connectivity index (χ0n) is 14.5. The second-order valence-electron chi connectivity index (χ2n) is 5.68. The van der Waals surface area contributed by atoms with Gasteiger partial charge in [-0.1, -0.05) is 57.5 Å². The van der Waals surface area contributed by atoms with E-state index in [-0.39, 0.29) is 16.7 Å². The monoisotopic (exact) mass is 480 g/mol. The largest absolute Gasteiger partial charge is 0.325 e. The zero-order chi connectivity index (χ0) is 20.1. The van der Waals surface area contributed by atoms with Crippen LogP contribution >= 0.6 is 39.3 Å². The number of hydrogen-bond donors (Lipinski definition) is 1. The third-order valence-corrected chi connectivity index (χ3v) is 5.45. The number of carbonyl (C=O) groups excluding carboxylic acids is 1. The van der Waals surface area contributed by atoms with Crippen LogP contribution in [0.3, 0.4) is 0 Å². The minimum absolute atomic E-state index is 0.0460. The first-order valence-corrected chi connectivity index (χ1v) is 10.3. The van der Waals surface area contributed by atoms with Gasteiger partial charge in [0.15, 0.2) is 11.0 Å². The van der Waals surface area contributed by atoms with Crippen molar-refractivity contribution in [1.29, 1.82) is 0 Å². The van der Waals surface area contributed by atoms with Crippen LogP contribution in [0.1, 0.15) is 0 Å². The molecule has 0 spiro atoms. The normalized spacial score (nSPS) is 10.7. The van der Waals surface area contributed by atoms with Crippen molar-refractivity contribution < 1.29 is 9.18 Å². The van der Waals surface area contributed by atoms with E-state index in [1.165, 1.54) is 30.0 Å². The average molecular weight is 482 g/mol. The van der Waals surface area contributed by atoms with Crippen LogP contribution in [-0.4, -0.2) is 26.4 Å². The van der Waals surface area contributed by atoms with Crippen LogP contribution < -0.4 is 5.32 Å². The molecular formula is C19H15BrClFN4OS. The van der Waals surface area contributed by atoms with Gasteiger partial charge in [0, 0.05) is 22.3 Å². The van der Waals surface area contributed by atoms with Crippen molar-refractivity contribution >= 4 is 50.9 Å². The zero-order valence-corrected chi connectivity index (χ0v) is 17.7. The highest BCUT2D eigenvalue weighted by atomic mass is 79.9. The number of nitrogens with one attached hydrogen (secondary N) is 1. The topological polar surface area (TPSA) is 59.8 Å². The number of hydrogen-bond acceptors (Lipinski definition) is 4. The number of amides is 1. The molecule has 1 N–H and O–H groups in total. The number of nitrogens with zero attached hydrogens (tertiary/aromatic N) is 3. The first-order valence-electron chi connectivity index (χ1n) is 8.15. The van der Waals surface area contributed by atoms with Gasteiger partial charge in [0.2, 0.25) is 5.91 Å². The van der Waals surface area contributed by atoms with E-state index in [2.05, 4.69) is 38.0 Å². The molecular weight excluding hydrogens is 467 g/mol. The lowest BCUT2D eigenvalue weighted by molar-refractivity contribution is -0.113. The van der Waals surface area contributed by atoms with Gasteiger partial charge in [0.1, 0.15) is 5.82 Å². The van der Waals surface area contributed by atoms with Gasteiger partial charge in [-0.15, -0.1) is 16.8 Å². The number of carbonyl (C=O) groups is 1. The maximum Gasteiger partial charge on any atom is 0.234 e. The molecule has 0 radical (unpaired) electrons. The van der Waals surface area contributed by atoms with Gasteiger partial charge in [-0.05, 0) is 30.3 Å². The average Bonchev–Trinajstić information content (AvgIpc) is 3.07. The van der Waals surface area contributed by atoms with Crippen LogP contribution in [0.4, 0.5) is 10.1 Å². The molecule has 1 aromatic heterocycles. The van der Waals surface area contributed by atoms with Gasteiger partial charge in [0.25, 0.3) is 0 Å². The third-order valence-electron chi connectivity index (χ3n) is 3.67. The fraction of sp³-hybridized carbons (Fsp3) is 0.105. The SMILES string of the molecule is C=CCn1c(SCC(=O)Nc2ccc(F)c(Cl)c2)nnc1-c1ccc(Br)cc1. The van der Waals surface area contributed by atoms with Crippen molar-refractivity contribution in [2.45, 2.75) is 11.7 Å². The summed E-state index contributed by atoms with van der Waals surface area (Å²) in [6, 6.07) is 11.8. The van der Waals surface area contributed by atoms with Gasteiger partial charge in [-0.3, -0.25) is 9.36 Å². The molecule has 0 atom stereocenters. The standard InChI is InChI=1S/C19H15BrClFN4OS/c1-2-9-26-18(12-3-5-13(20)6-4-12)24-25-19(26)28-11-17(27)23-14-7-8-16(22)15(21)10-14/h2-8,10H,1,9,11H2,(H,23,27). The Morgan fingerprint density at radius 1 is 1.29 bits per heavy atom. The van der Waals surface area contributed by atoms with E-state index in [0.29, 0.717) is 23.2 Å². The number of aromatic nitrogens is 3. The number of benzene rings is 2. The molecule has 3 rings (SSSR count). The first-order chi connectivity index (χ1) is 13.5. The Balaban J connectivity index is 1.71. The Morgan fingerprint density at radius 3 is 2.71 bits per heavy atom. The summed E-state index contributed by atoms with van der Waals surface area (Å²) in [5, 5.41) is 11.7. The van der Waals surface area contributed by atoms with Crippen LogP contribution in [0, 0.1) is 5.82 Å². The molecule has 0 aliphatic carbocycles. The molecule has 2 aromatic carbocycles. The van der Waals surface area contributed by atoms with E-state index < -0.39 is 5.82 Å². The Kier molecular flexibility index (Phi) is 6.88. The van der Waals surface area contributed by atoms with Crippen molar-refractivity contribution in [2.24, 2.45) is 0 Å². The summed E-state index contributed by atoms with van der Waals surface area (Å²) in [4.78, 5) is 12.2. The predicted molar refractivity (Wildman–Crippen MR) is 114 cm³/mol. The summed E-state index contributed by atoms with van der Waals surface area (Å²) in [7, 11) is 0. The Hall–Kier alpha value is -2.16. The summed E-state index contributed by atoms with van der Waals surface area (Å²) in [6.07, 6.45) is 1.75. The minimum atomic E-state index is -0.535. The molecule has 0 unspecified atom stereocenters. The fourth-order valence-corrected chi connectivity index (χ4v) is 3.60. The van der Waals surface area contributed by atoms with Crippen LogP contribution in [-0.2, 0) is 11.3 Å². The lowest BCUT2D eigenvalue weighted by Gasteiger charge is -2.08. The maximum atomic E-state index is 13.2. The van der Waals surface area contributed by atoms with Crippen LogP contribution in [0.2, 0.25) is 5.02 Å². The lowest BCUT2D eigenvalue weighted by Crippen LogP contribution is -2.14. The molecule has 0 aliphatic rings. The first kappa shape index (κ1) is 20.6. The highest BCUT2D eigenvalue weighted by Gasteiger charge is 2.15. The number of anilines is 1. The molecule has 0 bridgehead atoms. The number of rotatable bonds is 7. The number of thioether (sulfide) groups is 1. The van der Waals surface area contributed by atoms with Crippen molar-refractivity contribution in [2.75, 3.05) is 11.1 Å². The highest BCUT2D eigenvalue weighted by molar-refractivity contribution is 9.10. The van der Waals surface area contributed by atoms with E-state index in [1.54, 1.807) is 6.08 Å². The fourth-order valence-electron chi connectivity index (χ4n) is 2.40. The number of halogens is 3. The van der Waals surface area contributed by atoms with Gasteiger partial charge in [0.05, 0.1) is 10.8 Å². The summed E-state index contributed by atoms with van der Waals surface area (Å²) in [6.45, 7) is 4.29. The van der Waals surface area contributed by atoms with Crippen LogP contribution in [0.5, 0.6) is 0 Å². The smallest absolute Gasteiger partial charge is 0.234 e. The second-order valence-corrected chi connectivity index (χ2v) is 7.94. The minimum Gasteiger partial charge on any atom is -0.325 e. The van der Waals surface area contributed by atoms with E-state index in [9.17, 15) is 9.18 Å². The maximum absolute atomic E-state index is 13.2. The molecule has 0 saturated carbocycles. The van der Waals surface area contributed by atoms with Gasteiger partial charge in [-0.25, -0.2) is 4.39 Å². The molecule has 5 nitrogen and oxygen atoms in total. The van der Waals surface area contributed by atoms with E-state index >= 15 is 0 Å². The molecule has 1 amide bonds. The highest BCUT2D eigenvalue weighted by Crippen LogP contribution is 2.26. The van der Waals surface area contributed by atoms with E-state index in [0.717, 1.165) is 10.0 Å². The van der Waals surface area contributed by atoms with E-state index in [4.69, 9.17) is 11.6 Å². The molecule has 9 heteroatoms. The number of allylic oxidation sites excluding steroid dienone is 1. The molecule has 0 aliphatic heterocycles. The Bertz CT molecular complexity index is 1010. The third kappa shape index (κ3) is 5.01. The Labute approximate surface area is 179 Å². The lowest BCUT2D eigenvalue weighted by atomic mass is 10.2. The summed E-state index contributed by atoms with van der Waals surface area (Å²) < 4.78 is 16.1. The van der Waals surface area contributed by atoms with Gasteiger partial charge in [-0.2, -0.15) is 0 Å². The predicted octanol–water partition coefficient (Wildman–Crippen LogP) is 5.42. The van der Waals surface area contributed by atoms with Crippen LogP contribution in [0.15, 0.2) is 64.7 Å². The van der Waals surface area contributed by atoms with Crippen LogP contribution in [0.25, 0.3) is 11.4 Å². The van der Waals surface area contributed by atoms with E-state index in [1.807, 2.05) is 28.8 Å². The summed E-state index contributed by atoms with van der Waals surface area (Å²) in [5.74, 6) is 0.0172. The molecule has 3 aromatic rings. The quantitative estimate of drug-likeness (QED) is 0.362. The van der Waals surface area contributed by atoms with Gasteiger partial charge < -0.3 is 5.32 Å². The van der Waals surface area contributed by atoms with Crippen molar-refractivity contribution in [3.8, 4) is 11.4 Å².